The Bertz CT molecular complexity index is 436. The summed E-state index contributed by atoms with van der Waals surface area (Å²) in [5.41, 5.74) is 3.15. The molecule has 1 aromatic rings. The van der Waals surface area contributed by atoms with E-state index in [4.69, 9.17) is 9.94 Å². The van der Waals surface area contributed by atoms with Crippen LogP contribution in [0.15, 0.2) is 35.3 Å². The van der Waals surface area contributed by atoms with Crippen molar-refractivity contribution in [3.05, 3.63) is 35.9 Å². The summed E-state index contributed by atoms with van der Waals surface area (Å²) in [5.74, 6) is -0.0209. The second kappa shape index (κ2) is 6.86. The largest absolute Gasteiger partial charge is 0.449 e. The fraction of sp³-hybridized carbons (Fsp3) is 0.385. The molecule has 0 saturated heterocycles. The van der Waals surface area contributed by atoms with Crippen molar-refractivity contribution in [2.45, 2.75) is 12.6 Å². The second-order valence-corrected chi connectivity index (χ2v) is 4.37. The lowest BCUT2D eigenvalue weighted by molar-refractivity contribution is 0.0917. The van der Waals surface area contributed by atoms with Gasteiger partial charge in [-0.1, -0.05) is 30.3 Å². The molecule has 0 aromatic heterocycles. The third-order valence-electron chi connectivity index (χ3n) is 2.97. The summed E-state index contributed by atoms with van der Waals surface area (Å²) in [5, 5.41) is 11.5. The van der Waals surface area contributed by atoms with Crippen molar-refractivity contribution < 1.29 is 14.7 Å². The number of hydroxylamine groups is 1. The van der Waals surface area contributed by atoms with Gasteiger partial charge in [0.1, 0.15) is 0 Å². The van der Waals surface area contributed by atoms with Crippen molar-refractivity contribution in [3.8, 4) is 0 Å². The molecule has 0 spiro atoms. The third-order valence-corrected chi connectivity index (χ3v) is 2.97. The summed E-state index contributed by atoms with van der Waals surface area (Å²) in [7, 11) is 0. The maximum absolute atomic E-state index is 11.5. The first-order chi connectivity index (χ1) is 9.29. The fourth-order valence-electron chi connectivity index (χ4n) is 1.84. The van der Waals surface area contributed by atoms with Crippen LogP contribution in [0, 0.1) is 5.92 Å². The van der Waals surface area contributed by atoms with Gasteiger partial charge in [-0.3, -0.25) is 4.99 Å². The SMILES string of the molecule is O=C(NCc1ccccc1)OC[C@H]1CN=CC1NO. The molecule has 2 rings (SSSR count). The van der Waals surface area contributed by atoms with Crippen LogP contribution >= 0.6 is 0 Å². The van der Waals surface area contributed by atoms with Crippen LogP contribution in [0.25, 0.3) is 0 Å². The highest BCUT2D eigenvalue weighted by Gasteiger charge is 2.24. The Morgan fingerprint density at radius 1 is 1.42 bits per heavy atom. The summed E-state index contributed by atoms with van der Waals surface area (Å²) in [6, 6.07) is 9.35. The Balaban J connectivity index is 1.68. The number of ether oxygens (including phenoxy) is 1. The van der Waals surface area contributed by atoms with Gasteiger partial charge in [0, 0.05) is 25.2 Å². The summed E-state index contributed by atoms with van der Waals surface area (Å²) < 4.78 is 5.10. The summed E-state index contributed by atoms with van der Waals surface area (Å²) in [6.45, 7) is 1.20. The predicted octanol–water partition coefficient (Wildman–Crippen LogP) is 0.961. The standard InChI is InChI=1S/C13H17N3O3/c17-13(15-6-10-4-2-1-3-5-10)19-9-11-7-14-8-12(11)16-18/h1-5,8,11-12,16,18H,6-7,9H2,(H,15,17)/t11-,12?/m1/s1. The van der Waals surface area contributed by atoms with Crippen molar-refractivity contribution >= 4 is 12.3 Å². The number of hydrogen-bond acceptors (Lipinski definition) is 5. The molecule has 0 fully saturated rings. The van der Waals surface area contributed by atoms with Crippen molar-refractivity contribution in [1.82, 2.24) is 10.8 Å². The topological polar surface area (TPSA) is 83.0 Å². The van der Waals surface area contributed by atoms with Gasteiger partial charge in [0.15, 0.2) is 0 Å². The molecule has 1 unspecified atom stereocenters. The smallest absolute Gasteiger partial charge is 0.407 e. The number of carbonyl (C=O) groups excluding carboxylic acids is 1. The van der Waals surface area contributed by atoms with Crippen LogP contribution in [0.3, 0.4) is 0 Å². The number of nitrogens with zero attached hydrogens (tertiary/aromatic N) is 1. The van der Waals surface area contributed by atoms with E-state index in [0.717, 1.165) is 5.56 Å². The van der Waals surface area contributed by atoms with Crippen LogP contribution in [0.1, 0.15) is 5.56 Å². The van der Waals surface area contributed by atoms with Crippen molar-refractivity contribution in [1.29, 1.82) is 0 Å². The number of hydrogen-bond donors (Lipinski definition) is 3. The third kappa shape index (κ3) is 4.04. The van der Waals surface area contributed by atoms with E-state index in [1.807, 2.05) is 30.3 Å². The number of carbonyl (C=O) groups is 1. The van der Waals surface area contributed by atoms with Gasteiger partial charge in [-0.15, -0.1) is 0 Å². The second-order valence-electron chi connectivity index (χ2n) is 4.37. The monoisotopic (exact) mass is 263 g/mol. The molecule has 6 nitrogen and oxygen atoms in total. The van der Waals surface area contributed by atoms with Crippen LogP contribution in [0.2, 0.25) is 0 Å². The summed E-state index contributed by atoms with van der Waals surface area (Å²) >= 11 is 0. The Labute approximate surface area is 111 Å². The number of alkyl carbamates (subject to hydrolysis) is 1. The Kier molecular flexibility index (Phi) is 4.88. The van der Waals surface area contributed by atoms with E-state index in [9.17, 15) is 4.79 Å². The lowest BCUT2D eigenvalue weighted by Crippen LogP contribution is -2.37. The molecule has 0 saturated carbocycles. The molecule has 0 bridgehead atoms. The zero-order valence-corrected chi connectivity index (χ0v) is 10.5. The van der Waals surface area contributed by atoms with E-state index in [1.165, 1.54) is 0 Å². The van der Waals surface area contributed by atoms with Gasteiger partial charge in [-0.25, -0.2) is 4.79 Å². The van der Waals surface area contributed by atoms with Crippen LogP contribution in [0.4, 0.5) is 4.79 Å². The lowest BCUT2D eigenvalue weighted by atomic mass is 10.1. The molecule has 1 aromatic carbocycles. The van der Waals surface area contributed by atoms with E-state index in [0.29, 0.717) is 13.1 Å². The minimum Gasteiger partial charge on any atom is -0.449 e. The molecule has 0 radical (unpaired) electrons. The molecule has 2 atom stereocenters. The van der Waals surface area contributed by atoms with Crippen LogP contribution < -0.4 is 10.8 Å². The maximum Gasteiger partial charge on any atom is 0.407 e. The Morgan fingerprint density at radius 3 is 2.95 bits per heavy atom. The van der Waals surface area contributed by atoms with E-state index < -0.39 is 6.09 Å². The Morgan fingerprint density at radius 2 is 2.21 bits per heavy atom. The quantitative estimate of drug-likeness (QED) is 0.691. The summed E-state index contributed by atoms with van der Waals surface area (Å²) in [6.07, 6.45) is 1.16. The minimum absolute atomic E-state index is 0.0209. The van der Waals surface area contributed by atoms with Gasteiger partial charge < -0.3 is 15.3 Å². The van der Waals surface area contributed by atoms with E-state index in [1.54, 1.807) is 6.21 Å². The number of aliphatic imine (C=N–C) groups is 1. The van der Waals surface area contributed by atoms with Gasteiger partial charge in [0.05, 0.1) is 12.6 Å². The highest BCUT2D eigenvalue weighted by molar-refractivity contribution is 5.68. The van der Waals surface area contributed by atoms with Crippen molar-refractivity contribution in [3.63, 3.8) is 0 Å². The van der Waals surface area contributed by atoms with Crippen LogP contribution in [0.5, 0.6) is 0 Å². The minimum atomic E-state index is -0.465. The molecule has 6 heteroatoms. The molecule has 3 N–H and O–H groups in total. The predicted molar refractivity (Wildman–Crippen MR) is 70.2 cm³/mol. The fourth-order valence-corrected chi connectivity index (χ4v) is 1.84. The molecular formula is C13H17N3O3. The maximum atomic E-state index is 11.5. The first-order valence-corrected chi connectivity index (χ1v) is 6.13. The zero-order valence-electron chi connectivity index (χ0n) is 10.5. The molecule has 19 heavy (non-hydrogen) atoms. The average Bonchev–Trinajstić information content (AvgIpc) is 2.91. The highest BCUT2D eigenvalue weighted by atomic mass is 16.5. The normalized spacial score (nSPS) is 21.3. The zero-order chi connectivity index (χ0) is 13.5. The molecule has 1 aliphatic heterocycles. The van der Waals surface area contributed by atoms with Gasteiger partial charge in [-0.05, 0) is 5.56 Å². The van der Waals surface area contributed by atoms with Crippen molar-refractivity contribution in [2.24, 2.45) is 10.9 Å². The molecule has 102 valence electrons. The highest BCUT2D eigenvalue weighted by Crippen LogP contribution is 2.10. The molecular weight excluding hydrogens is 246 g/mol. The number of amides is 1. The molecule has 0 aliphatic carbocycles. The van der Waals surface area contributed by atoms with Gasteiger partial charge >= 0.3 is 6.09 Å². The van der Waals surface area contributed by atoms with Crippen LogP contribution in [-0.4, -0.2) is 36.7 Å². The molecule has 1 aliphatic rings. The average molecular weight is 263 g/mol. The number of rotatable bonds is 5. The first kappa shape index (κ1) is 13.5. The van der Waals surface area contributed by atoms with E-state index in [-0.39, 0.29) is 18.6 Å². The molecule has 1 amide bonds. The first-order valence-electron chi connectivity index (χ1n) is 6.13. The van der Waals surface area contributed by atoms with Gasteiger partial charge in [0.25, 0.3) is 0 Å². The number of benzene rings is 1. The summed E-state index contributed by atoms with van der Waals surface area (Å²) in [4.78, 5) is 15.5. The van der Waals surface area contributed by atoms with Gasteiger partial charge in [-0.2, -0.15) is 5.48 Å². The number of nitrogens with one attached hydrogen (secondary N) is 2. The molecule has 1 heterocycles. The lowest BCUT2D eigenvalue weighted by Gasteiger charge is -2.16. The van der Waals surface area contributed by atoms with E-state index >= 15 is 0 Å². The van der Waals surface area contributed by atoms with Crippen LogP contribution in [-0.2, 0) is 11.3 Å². The van der Waals surface area contributed by atoms with E-state index in [2.05, 4.69) is 15.8 Å². The Hall–Kier alpha value is -1.92. The van der Waals surface area contributed by atoms with Gasteiger partial charge in [0.2, 0.25) is 0 Å². The van der Waals surface area contributed by atoms with Crippen molar-refractivity contribution in [2.75, 3.05) is 13.2 Å².